The number of esters is 1. The van der Waals surface area contributed by atoms with Gasteiger partial charge in [0.2, 0.25) is 0 Å². The van der Waals surface area contributed by atoms with Crippen LogP contribution in [-0.4, -0.2) is 40.3 Å². The van der Waals surface area contributed by atoms with Crippen LogP contribution in [0, 0.1) is 18.8 Å². The maximum atomic E-state index is 13.1. The van der Waals surface area contributed by atoms with Gasteiger partial charge in [-0.25, -0.2) is 0 Å². The van der Waals surface area contributed by atoms with Crippen molar-refractivity contribution in [3.63, 3.8) is 0 Å². The Kier molecular flexibility index (Phi) is 13.6. The number of ether oxygens (including phenoxy) is 2. The molecule has 0 fully saturated rings. The zero-order valence-electron chi connectivity index (χ0n) is 27.9. The third-order valence-electron chi connectivity index (χ3n) is 7.04. The van der Waals surface area contributed by atoms with Crippen molar-refractivity contribution in [3.8, 4) is 0 Å². The van der Waals surface area contributed by atoms with E-state index in [0.29, 0.717) is 25.0 Å². The molecule has 2 unspecified atom stereocenters. The van der Waals surface area contributed by atoms with Crippen LogP contribution >= 0.6 is 0 Å². The van der Waals surface area contributed by atoms with Crippen LogP contribution in [0.1, 0.15) is 126 Å². The number of aromatic nitrogens is 1. The van der Waals surface area contributed by atoms with Gasteiger partial charge in [0.25, 0.3) is 0 Å². The van der Waals surface area contributed by atoms with Gasteiger partial charge >= 0.3 is 5.97 Å². The molecule has 0 saturated carbocycles. The van der Waals surface area contributed by atoms with Gasteiger partial charge < -0.3 is 14.0 Å². The molecule has 0 spiro atoms. The van der Waals surface area contributed by atoms with E-state index in [2.05, 4.69) is 52.3 Å². The van der Waals surface area contributed by atoms with Crippen LogP contribution in [0.2, 0.25) is 0 Å². The first-order valence-corrected chi connectivity index (χ1v) is 15.0. The van der Waals surface area contributed by atoms with Gasteiger partial charge in [-0.3, -0.25) is 14.6 Å². The molecular weight excluding hydrogens is 500 g/mol. The Labute approximate surface area is 245 Å². The molecule has 1 rings (SSSR count). The average Bonchev–Trinajstić information content (AvgIpc) is 3.07. The highest BCUT2D eigenvalue weighted by Crippen LogP contribution is 2.31. The van der Waals surface area contributed by atoms with Crippen LogP contribution < -0.4 is 0 Å². The Bertz CT molecular complexity index is 1030. The Hall–Kier alpha value is -2.21. The fourth-order valence-corrected chi connectivity index (χ4v) is 4.67. The van der Waals surface area contributed by atoms with E-state index in [0.717, 1.165) is 37.1 Å². The zero-order valence-corrected chi connectivity index (χ0v) is 27.9. The molecule has 0 aromatic carbocycles. The minimum absolute atomic E-state index is 0.0192. The number of hydrogen-bond donors (Lipinski definition) is 0. The van der Waals surface area contributed by atoms with Gasteiger partial charge in [-0.2, -0.15) is 0 Å². The van der Waals surface area contributed by atoms with E-state index in [9.17, 15) is 9.59 Å². The summed E-state index contributed by atoms with van der Waals surface area (Å²) in [6.07, 6.45) is 7.91. The van der Waals surface area contributed by atoms with E-state index in [1.807, 2.05) is 54.5 Å². The first-order valence-electron chi connectivity index (χ1n) is 15.0. The standard InChI is InChI=1S/C34H58N2O4/c1-14-17-26(22-35-28-21-30(32(4,5)6)36(13)25(28)3)29(37)19-16-15-18-27(23-39-33(7,8)9)24(2)20-31(38)40-34(10,11)12/h17,21-22,24,27H,14-16,18-20,23H2,1-13H3/b26-17-,35-22?. The number of Topliss-reactive ketones (excluding diaryl/α,β-unsaturated/α-hetero) is 1. The lowest BCUT2D eigenvalue weighted by Crippen LogP contribution is -2.30. The molecule has 228 valence electrons. The molecule has 0 bridgehead atoms. The molecule has 0 saturated heterocycles. The van der Waals surface area contributed by atoms with E-state index >= 15 is 0 Å². The second-order valence-electron chi connectivity index (χ2n) is 14.3. The molecule has 0 aliphatic carbocycles. The third kappa shape index (κ3) is 13.0. The molecular formula is C34H58N2O4. The summed E-state index contributed by atoms with van der Waals surface area (Å²) in [4.78, 5) is 30.3. The summed E-state index contributed by atoms with van der Waals surface area (Å²) in [5, 5.41) is 0. The van der Waals surface area contributed by atoms with Crippen molar-refractivity contribution in [1.29, 1.82) is 0 Å². The van der Waals surface area contributed by atoms with Gasteiger partial charge in [0.1, 0.15) is 5.60 Å². The van der Waals surface area contributed by atoms with Crippen molar-refractivity contribution in [3.05, 3.63) is 29.1 Å². The molecule has 1 heterocycles. The van der Waals surface area contributed by atoms with Gasteiger partial charge in [0, 0.05) is 48.5 Å². The SMILES string of the molecule is CC/C=C(/C=Nc1cc(C(C)(C)C)n(C)c1C)C(=O)CCCCC(COC(C)(C)C)C(C)CC(=O)OC(C)(C)C. The van der Waals surface area contributed by atoms with Crippen LogP contribution in [0.25, 0.3) is 0 Å². The van der Waals surface area contributed by atoms with Gasteiger partial charge in [-0.05, 0) is 85.6 Å². The molecule has 6 nitrogen and oxygen atoms in total. The molecule has 6 heteroatoms. The largest absolute Gasteiger partial charge is 0.460 e. The van der Waals surface area contributed by atoms with E-state index in [-0.39, 0.29) is 34.6 Å². The number of ketones is 1. The van der Waals surface area contributed by atoms with Crippen LogP contribution in [0.5, 0.6) is 0 Å². The van der Waals surface area contributed by atoms with E-state index in [1.165, 1.54) is 5.69 Å². The summed E-state index contributed by atoms with van der Waals surface area (Å²) in [6, 6.07) is 2.12. The Balaban J connectivity index is 2.82. The second-order valence-corrected chi connectivity index (χ2v) is 14.3. The summed E-state index contributed by atoms with van der Waals surface area (Å²) in [5.41, 5.74) is 3.17. The summed E-state index contributed by atoms with van der Waals surface area (Å²) in [7, 11) is 2.07. The van der Waals surface area contributed by atoms with Crippen molar-refractivity contribution >= 4 is 23.7 Å². The van der Waals surface area contributed by atoms with Crippen molar-refractivity contribution in [2.75, 3.05) is 6.61 Å². The number of carbonyl (C=O) groups excluding carboxylic acids is 2. The molecule has 0 aliphatic rings. The van der Waals surface area contributed by atoms with E-state index < -0.39 is 5.60 Å². The first-order chi connectivity index (χ1) is 18.2. The molecule has 0 amide bonds. The predicted octanol–water partition coefficient (Wildman–Crippen LogP) is 8.60. The monoisotopic (exact) mass is 558 g/mol. The smallest absolute Gasteiger partial charge is 0.306 e. The minimum Gasteiger partial charge on any atom is -0.460 e. The summed E-state index contributed by atoms with van der Waals surface area (Å²) < 4.78 is 13.8. The summed E-state index contributed by atoms with van der Waals surface area (Å²) in [5.74, 6) is 0.294. The van der Waals surface area contributed by atoms with Gasteiger partial charge in [-0.15, -0.1) is 0 Å². The molecule has 0 radical (unpaired) electrons. The van der Waals surface area contributed by atoms with Crippen molar-refractivity contribution in [2.24, 2.45) is 23.9 Å². The van der Waals surface area contributed by atoms with Crippen molar-refractivity contribution in [1.82, 2.24) is 4.57 Å². The topological polar surface area (TPSA) is 69.9 Å². The zero-order chi connectivity index (χ0) is 30.9. The highest BCUT2D eigenvalue weighted by atomic mass is 16.6. The number of nitrogens with zero attached hydrogens (tertiary/aromatic N) is 2. The molecule has 0 N–H and O–H groups in total. The predicted molar refractivity (Wildman–Crippen MR) is 168 cm³/mol. The van der Waals surface area contributed by atoms with Crippen LogP contribution in [0.4, 0.5) is 5.69 Å². The second kappa shape index (κ2) is 15.1. The Morgan fingerprint density at radius 3 is 2.15 bits per heavy atom. The van der Waals surface area contributed by atoms with E-state index in [4.69, 9.17) is 14.5 Å². The summed E-state index contributed by atoms with van der Waals surface area (Å²) >= 11 is 0. The Morgan fingerprint density at radius 1 is 1.02 bits per heavy atom. The molecule has 2 atom stereocenters. The lowest BCUT2D eigenvalue weighted by atomic mass is 9.87. The number of hydrogen-bond acceptors (Lipinski definition) is 5. The molecule has 40 heavy (non-hydrogen) atoms. The van der Waals surface area contributed by atoms with E-state index in [1.54, 1.807) is 6.21 Å². The highest BCUT2D eigenvalue weighted by molar-refractivity contribution is 6.13. The molecule has 1 aromatic rings. The third-order valence-corrected chi connectivity index (χ3v) is 7.04. The molecule has 1 aromatic heterocycles. The first kappa shape index (κ1) is 35.8. The van der Waals surface area contributed by atoms with Crippen LogP contribution in [0.15, 0.2) is 22.7 Å². The lowest BCUT2D eigenvalue weighted by Gasteiger charge is -2.29. The fourth-order valence-electron chi connectivity index (χ4n) is 4.67. The summed E-state index contributed by atoms with van der Waals surface area (Å²) in [6.45, 7) is 25.2. The Morgan fingerprint density at radius 2 is 1.65 bits per heavy atom. The normalized spacial score (nSPS) is 15.0. The van der Waals surface area contributed by atoms with Gasteiger partial charge in [0.05, 0.1) is 17.9 Å². The number of carbonyl (C=O) groups is 2. The lowest BCUT2D eigenvalue weighted by molar-refractivity contribution is -0.156. The van der Waals surface area contributed by atoms with Crippen molar-refractivity contribution in [2.45, 2.75) is 138 Å². The highest BCUT2D eigenvalue weighted by Gasteiger charge is 2.26. The average molecular weight is 559 g/mol. The maximum absolute atomic E-state index is 13.1. The van der Waals surface area contributed by atoms with Gasteiger partial charge in [-0.1, -0.05) is 47.1 Å². The van der Waals surface area contributed by atoms with Crippen LogP contribution in [0.3, 0.4) is 0 Å². The number of unbranched alkanes of at least 4 members (excludes halogenated alkanes) is 1. The quantitative estimate of drug-likeness (QED) is 0.0992. The van der Waals surface area contributed by atoms with Gasteiger partial charge in [0.15, 0.2) is 5.78 Å². The number of rotatable bonds is 14. The minimum atomic E-state index is -0.490. The fraction of sp³-hybridized carbons (Fsp3) is 0.735. The van der Waals surface area contributed by atoms with Crippen LogP contribution in [-0.2, 0) is 31.5 Å². The number of allylic oxidation sites excluding steroid dienone is 2. The molecule has 0 aliphatic heterocycles. The maximum Gasteiger partial charge on any atom is 0.306 e. The number of aliphatic imine (C=N–C) groups is 1. The van der Waals surface area contributed by atoms with Crippen molar-refractivity contribution < 1.29 is 19.1 Å².